The van der Waals surface area contributed by atoms with Crippen LogP contribution >= 0.6 is 11.6 Å². The van der Waals surface area contributed by atoms with E-state index in [1.807, 2.05) is 19.9 Å². The van der Waals surface area contributed by atoms with Crippen LogP contribution in [0.1, 0.15) is 63.9 Å². The first kappa shape index (κ1) is 20.5. The van der Waals surface area contributed by atoms with Gasteiger partial charge in [-0.05, 0) is 44.4 Å². The Hall–Kier alpha value is -1.55. The Bertz CT molecular complexity index is 528. The van der Waals surface area contributed by atoms with Crippen molar-refractivity contribution in [1.82, 2.24) is 0 Å². The normalized spacial score (nSPS) is 10.5. The van der Waals surface area contributed by atoms with E-state index in [2.05, 4.69) is 0 Å². The van der Waals surface area contributed by atoms with Crippen molar-refractivity contribution in [2.45, 2.75) is 65.2 Å². The maximum atomic E-state index is 11.8. The van der Waals surface area contributed by atoms with Gasteiger partial charge in [0.1, 0.15) is 5.75 Å². The fourth-order valence-electron chi connectivity index (χ4n) is 2.34. The Kier molecular flexibility index (Phi) is 10.2. The summed E-state index contributed by atoms with van der Waals surface area (Å²) in [6.07, 6.45) is 6.69. The fourth-order valence-corrected chi connectivity index (χ4v) is 2.50. The third kappa shape index (κ3) is 8.92. The first-order chi connectivity index (χ1) is 11.5. The second-order valence-corrected chi connectivity index (χ2v) is 6.24. The third-order valence-corrected chi connectivity index (χ3v) is 3.94. The number of unbranched alkanes of at least 4 members (excludes halogenated alkanes) is 5. The van der Waals surface area contributed by atoms with E-state index in [1.165, 1.54) is 0 Å². The van der Waals surface area contributed by atoms with Crippen LogP contribution in [-0.4, -0.2) is 18.5 Å². The average Bonchev–Trinajstić information content (AvgIpc) is 2.53. The van der Waals surface area contributed by atoms with E-state index in [0.717, 1.165) is 44.1 Å². The highest BCUT2D eigenvalue weighted by atomic mass is 35.5. The van der Waals surface area contributed by atoms with Gasteiger partial charge in [0.15, 0.2) is 0 Å². The number of carbonyl (C=O) groups is 2. The Morgan fingerprint density at radius 1 is 0.958 bits per heavy atom. The molecule has 0 aliphatic carbocycles. The SMILES string of the molecule is CCOC(=O)CCCCCCCCC(=O)Oc1cc(C)ccc1Cl. The molecule has 0 aliphatic heterocycles. The van der Waals surface area contributed by atoms with E-state index in [4.69, 9.17) is 21.1 Å². The molecule has 0 aliphatic rings. The fraction of sp³-hybridized carbons (Fsp3) is 0.579. The van der Waals surface area contributed by atoms with Gasteiger partial charge in [0.25, 0.3) is 0 Å². The summed E-state index contributed by atoms with van der Waals surface area (Å²) in [7, 11) is 0. The molecule has 134 valence electrons. The molecule has 0 heterocycles. The summed E-state index contributed by atoms with van der Waals surface area (Å²) in [6, 6.07) is 5.38. The summed E-state index contributed by atoms with van der Waals surface area (Å²) in [5, 5.41) is 0.454. The molecule has 0 bridgehead atoms. The van der Waals surface area contributed by atoms with Crippen LogP contribution in [-0.2, 0) is 14.3 Å². The average molecular weight is 355 g/mol. The lowest BCUT2D eigenvalue weighted by molar-refractivity contribution is -0.143. The van der Waals surface area contributed by atoms with E-state index < -0.39 is 0 Å². The molecule has 0 amide bonds. The minimum Gasteiger partial charge on any atom is -0.466 e. The van der Waals surface area contributed by atoms with E-state index in [-0.39, 0.29) is 11.9 Å². The summed E-state index contributed by atoms with van der Waals surface area (Å²) in [6.45, 7) is 4.19. The van der Waals surface area contributed by atoms with Crippen LogP contribution in [0.5, 0.6) is 5.75 Å². The monoisotopic (exact) mass is 354 g/mol. The van der Waals surface area contributed by atoms with Crippen molar-refractivity contribution in [3.05, 3.63) is 28.8 Å². The van der Waals surface area contributed by atoms with Crippen molar-refractivity contribution in [2.24, 2.45) is 0 Å². The predicted octanol–water partition coefficient (Wildman–Crippen LogP) is 5.24. The highest BCUT2D eigenvalue weighted by Crippen LogP contribution is 2.25. The number of hydrogen-bond donors (Lipinski definition) is 0. The molecule has 0 N–H and O–H groups in total. The lowest BCUT2D eigenvalue weighted by atomic mass is 10.1. The van der Waals surface area contributed by atoms with Gasteiger partial charge in [-0.1, -0.05) is 43.4 Å². The van der Waals surface area contributed by atoms with Gasteiger partial charge in [-0.2, -0.15) is 0 Å². The molecular formula is C19H27ClO4. The van der Waals surface area contributed by atoms with Gasteiger partial charge in [0.2, 0.25) is 0 Å². The Morgan fingerprint density at radius 3 is 2.17 bits per heavy atom. The van der Waals surface area contributed by atoms with Gasteiger partial charge in [0, 0.05) is 12.8 Å². The van der Waals surface area contributed by atoms with Crippen LogP contribution in [0.15, 0.2) is 18.2 Å². The topological polar surface area (TPSA) is 52.6 Å². The van der Waals surface area contributed by atoms with Crippen LogP contribution < -0.4 is 4.74 Å². The largest absolute Gasteiger partial charge is 0.466 e. The number of esters is 2. The Balaban J connectivity index is 2.06. The number of carbonyl (C=O) groups excluding carboxylic acids is 2. The van der Waals surface area contributed by atoms with E-state index in [0.29, 0.717) is 30.2 Å². The third-order valence-electron chi connectivity index (χ3n) is 3.63. The van der Waals surface area contributed by atoms with Gasteiger partial charge in [-0.3, -0.25) is 9.59 Å². The molecule has 0 saturated carbocycles. The van der Waals surface area contributed by atoms with Crippen LogP contribution in [0.3, 0.4) is 0 Å². The van der Waals surface area contributed by atoms with Crippen molar-refractivity contribution in [3.63, 3.8) is 0 Å². The standard InChI is InChI=1S/C19H27ClO4/c1-3-23-18(21)10-8-6-4-5-7-9-11-19(22)24-17-14-15(2)12-13-16(17)20/h12-14H,3-11H2,1-2H3. The summed E-state index contributed by atoms with van der Waals surface area (Å²) >= 11 is 6.00. The lowest BCUT2D eigenvalue weighted by Gasteiger charge is -2.07. The summed E-state index contributed by atoms with van der Waals surface area (Å²) in [5.74, 6) is 0.0699. The van der Waals surface area contributed by atoms with Gasteiger partial charge >= 0.3 is 11.9 Å². The highest BCUT2D eigenvalue weighted by Gasteiger charge is 2.08. The van der Waals surface area contributed by atoms with Crippen molar-refractivity contribution >= 4 is 23.5 Å². The molecule has 4 nitrogen and oxygen atoms in total. The van der Waals surface area contributed by atoms with Crippen molar-refractivity contribution < 1.29 is 19.1 Å². The maximum absolute atomic E-state index is 11.8. The summed E-state index contributed by atoms with van der Waals surface area (Å²) in [5.41, 5.74) is 1.00. The summed E-state index contributed by atoms with van der Waals surface area (Å²) in [4.78, 5) is 23.0. The number of halogens is 1. The highest BCUT2D eigenvalue weighted by molar-refractivity contribution is 6.32. The Labute approximate surface area is 149 Å². The molecule has 0 unspecified atom stereocenters. The van der Waals surface area contributed by atoms with Gasteiger partial charge in [-0.15, -0.1) is 0 Å². The molecule has 0 fully saturated rings. The van der Waals surface area contributed by atoms with E-state index in [1.54, 1.807) is 12.1 Å². The second kappa shape index (κ2) is 11.9. The van der Waals surface area contributed by atoms with Crippen molar-refractivity contribution in [1.29, 1.82) is 0 Å². The van der Waals surface area contributed by atoms with Crippen LogP contribution in [0.2, 0.25) is 5.02 Å². The first-order valence-corrected chi connectivity index (χ1v) is 9.03. The molecule has 0 atom stereocenters. The number of rotatable bonds is 11. The molecule has 0 aromatic heterocycles. The lowest BCUT2D eigenvalue weighted by Crippen LogP contribution is -2.08. The molecule has 0 radical (unpaired) electrons. The van der Waals surface area contributed by atoms with Gasteiger partial charge in [0.05, 0.1) is 11.6 Å². The van der Waals surface area contributed by atoms with Crippen LogP contribution in [0.4, 0.5) is 0 Å². The van der Waals surface area contributed by atoms with Crippen LogP contribution in [0.25, 0.3) is 0 Å². The zero-order valence-corrected chi connectivity index (χ0v) is 15.4. The molecule has 1 aromatic carbocycles. The number of ether oxygens (including phenoxy) is 2. The molecule has 5 heteroatoms. The maximum Gasteiger partial charge on any atom is 0.311 e. The molecule has 1 aromatic rings. The number of hydrogen-bond acceptors (Lipinski definition) is 4. The minimum absolute atomic E-state index is 0.116. The summed E-state index contributed by atoms with van der Waals surface area (Å²) < 4.78 is 10.2. The smallest absolute Gasteiger partial charge is 0.311 e. The molecule has 0 spiro atoms. The second-order valence-electron chi connectivity index (χ2n) is 5.83. The minimum atomic E-state index is -0.246. The van der Waals surface area contributed by atoms with Crippen molar-refractivity contribution in [3.8, 4) is 5.75 Å². The molecule has 0 saturated heterocycles. The quantitative estimate of drug-likeness (QED) is 0.310. The predicted molar refractivity (Wildman–Crippen MR) is 95.4 cm³/mol. The molecule has 1 rings (SSSR count). The zero-order chi connectivity index (χ0) is 17.8. The van der Waals surface area contributed by atoms with E-state index in [9.17, 15) is 9.59 Å². The first-order valence-electron chi connectivity index (χ1n) is 8.65. The van der Waals surface area contributed by atoms with Gasteiger partial charge < -0.3 is 9.47 Å². The number of benzene rings is 1. The zero-order valence-electron chi connectivity index (χ0n) is 14.6. The van der Waals surface area contributed by atoms with E-state index >= 15 is 0 Å². The number of aryl methyl sites for hydroxylation is 1. The van der Waals surface area contributed by atoms with Gasteiger partial charge in [-0.25, -0.2) is 0 Å². The molecular weight excluding hydrogens is 328 g/mol. The van der Waals surface area contributed by atoms with Crippen LogP contribution in [0, 0.1) is 6.92 Å². The van der Waals surface area contributed by atoms with Crippen molar-refractivity contribution in [2.75, 3.05) is 6.61 Å². The Morgan fingerprint density at radius 2 is 1.54 bits per heavy atom. The molecule has 24 heavy (non-hydrogen) atoms.